The molecule has 4 rings (SSSR count). The van der Waals surface area contributed by atoms with Crippen LogP contribution in [-0.2, 0) is 12.8 Å². The predicted molar refractivity (Wildman–Crippen MR) is 110 cm³/mol. The third-order valence-electron chi connectivity index (χ3n) is 5.36. The molecule has 1 aromatic heterocycles. The summed E-state index contributed by atoms with van der Waals surface area (Å²) in [5.74, 6) is 1.25. The van der Waals surface area contributed by atoms with E-state index >= 15 is 0 Å². The van der Waals surface area contributed by atoms with E-state index in [2.05, 4.69) is 35.3 Å². The minimum atomic E-state index is 0.451. The SMILES string of the molecule is COc1ccc(-c2c3c([nH]c(=S)c2C#N)CCC(c2ccccc2)C3)cc1. The number of benzene rings is 2. The normalized spacial score (nSPS) is 15.6. The number of hydrogen-bond acceptors (Lipinski definition) is 3. The van der Waals surface area contributed by atoms with Crippen LogP contribution in [0.15, 0.2) is 54.6 Å². The first-order valence-electron chi connectivity index (χ1n) is 9.08. The van der Waals surface area contributed by atoms with E-state index in [1.54, 1.807) is 7.11 Å². The molecule has 0 radical (unpaired) electrons. The Hall–Kier alpha value is -2.90. The number of H-pyrrole nitrogens is 1. The average Bonchev–Trinajstić information content (AvgIpc) is 2.73. The van der Waals surface area contributed by atoms with Crippen LogP contribution in [0.2, 0.25) is 0 Å². The fourth-order valence-electron chi connectivity index (χ4n) is 3.99. The van der Waals surface area contributed by atoms with Crippen molar-refractivity contribution in [1.29, 1.82) is 5.26 Å². The van der Waals surface area contributed by atoms with Crippen LogP contribution < -0.4 is 4.74 Å². The van der Waals surface area contributed by atoms with E-state index in [0.717, 1.165) is 41.8 Å². The van der Waals surface area contributed by atoms with Gasteiger partial charge in [-0.05, 0) is 54.0 Å². The largest absolute Gasteiger partial charge is 0.497 e. The van der Waals surface area contributed by atoms with Gasteiger partial charge in [-0.2, -0.15) is 5.26 Å². The van der Waals surface area contributed by atoms with E-state index < -0.39 is 0 Å². The molecule has 1 aliphatic carbocycles. The lowest BCUT2D eigenvalue weighted by Gasteiger charge is -2.27. The number of rotatable bonds is 3. The highest BCUT2D eigenvalue weighted by Gasteiger charge is 2.26. The topological polar surface area (TPSA) is 48.8 Å². The van der Waals surface area contributed by atoms with Gasteiger partial charge < -0.3 is 9.72 Å². The summed E-state index contributed by atoms with van der Waals surface area (Å²) < 4.78 is 5.81. The number of methoxy groups -OCH3 is 1. The Morgan fingerprint density at radius 2 is 1.85 bits per heavy atom. The Morgan fingerprint density at radius 3 is 2.52 bits per heavy atom. The summed E-state index contributed by atoms with van der Waals surface area (Å²) in [6.07, 6.45) is 2.92. The van der Waals surface area contributed by atoms with Crippen molar-refractivity contribution in [3.8, 4) is 22.9 Å². The number of aromatic nitrogens is 1. The monoisotopic (exact) mass is 372 g/mol. The first-order valence-corrected chi connectivity index (χ1v) is 9.49. The van der Waals surface area contributed by atoms with Crippen molar-refractivity contribution in [2.24, 2.45) is 0 Å². The Balaban J connectivity index is 1.86. The third-order valence-corrected chi connectivity index (χ3v) is 5.67. The Bertz CT molecular complexity index is 1060. The number of aryl methyl sites for hydroxylation is 1. The zero-order chi connectivity index (χ0) is 18.8. The van der Waals surface area contributed by atoms with Crippen LogP contribution in [0.5, 0.6) is 5.75 Å². The molecule has 1 N–H and O–H groups in total. The summed E-state index contributed by atoms with van der Waals surface area (Å²) in [7, 11) is 1.65. The van der Waals surface area contributed by atoms with Gasteiger partial charge in [0.25, 0.3) is 0 Å². The molecule has 3 nitrogen and oxygen atoms in total. The fraction of sp³-hybridized carbons (Fsp3) is 0.217. The second kappa shape index (κ2) is 7.38. The van der Waals surface area contributed by atoms with E-state index in [4.69, 9.17) is 17.0 Å². The van der Waals surface area contributed by atoms with Gasteiger partial charge in [0.15, 0.2) is 0 Å². The van der Waals surface area contributed by atoms with E-state index in [0.29, 0.717) is 16.1 Å². The molecule has 0 fully saturated rings. The fourth-order valence-corrected chi connectivity index (χ4v) is 4.26. The quantitative estimate of drug-likeness (QED) is 0.612. The summed E-state index contributed by atoms with van der Waals surface area (Å²) >= 11 is 5.49. The molecule has 0 spiro atoms. The molecular weight excluding hydrogens is 352 g/mol. The molecule has 4 heteroatoms. The highest BCUT2D eigenvalue weighted by atomic mass is 32.1. The highest BCUT2D eigenvalue weighted by Crippen LogP contribution is 2.39. The lowest BCUT2D eigenvalue weighted by atomic mass is 9.78. The number of hydrogen-bond donors (Lipinski definition) is 1. The van der Waals surface area contributed by atoms with Gasteiger partial charge in [-0.15, -0.1) is 0 Å². The molecular formula is C23H20N2OS. The number of ether oxygens (including phenoxy) is 1. The number of pyridine rings is 1. The van der Waals surface area contributed by atoms with Crippen molar-refractivity contribution < 1.29 is 4.74 Å². The van der Waals surface area contributed by atoms with Crippen molar-refractivity contribution >= 4 is 12.2 Å². The zero-order valence-corrected chi connectivity index (χ0v) is 16.0. The maximum Gasteiger partial charge on any atom is 0.122 e. The van der Waals surface area contributed by atoms with Gasteiger partial charge in [0.2, 0.25) is 0 Å². The number of nitriles is 1. The summed E-state index contributed by atoms with van der Waals surface area (Å²) in [4.78, 5) is 3.32. The summed E-state index contributed by atoms with van der Waals surface area (Å²) in [6, 6.07) is 20.8. The first kappa shape index (κ1) is 17.5. The van der Waals surface area contributed by atoms with E-state index in [1.165, 1.54) is 11.1 Å². The van der Waals surface area contributed by atoms with Crippen LogP contribution in [0.4, 0.5) is 0 Å². The zero-order valence-electron chi connectivity index (χ0n) is 15.2. The summed E-state index contributed by atoms with van der Waals surface area (Å²) in [5, 5.41) is 9.78. The molecule has 27 heavy (non-hydrogen) atoms. The maximum atomic E-state index is 9.78. The molecule has 2 aromatic carbocycles. The second-order valence-corrected chi connectivity index (χ2v) is 7.26. The molecule has 1 heterocycles. The first-order chi connectivity index (χ1) is 13.2. The summed E-state index contributed by atoms with van der Waals surface area (Å²) in [5.41, 5.74) is 6.27. The minimum absolute atomic E-state index is 0.451. The van der Waals surface area contributed by atoms with E-state index in [1.807, 2.05) is 30.3 Å². The minimum Gasteiger partial charge on any atom is -0.497 e. The highest BCUT2D eigenvalue weighted by molar-refractivity contribution is 7.71. The van der Waals surface area contributed by atoms with Gasteiger partial charge in [0.05, 0.1) is 12.7 Å². The lowest BCUT2D eigenvalue weighted by molar-refractivity contribution is 0.415. The molecule has 0 aliphatic heterocycles. The van der Waals surface area contributed by atoms with Crippen molar-refractivity contribution in [3.63, 3.8) is 0 Å². The number of nitrogens with zero attached hydrogens (tertiary/aromatic N) is 1. The van der Waals surface area contributed by atoms with Crippen molar-refractivity contribution in [2.45, 2.75) is 25.2 Å². The molecule has 1 atom stereocenters. The van der Waals surface area contributed by atoms with E-state index in [-0.39, 0.29) is 0 Å². The van der Waals surface area contributed by atoms with Crippen LogP contribution in [0.1, 0.15) is 34.7 Å². The number of nitrogens with one attached hydrogen (secondary N) is 1. The van der Waals surface area contributed by atoms with Gasteiger partial charge >= 0.3 is 0 Å². The van der Waals surface area contributed by atoms with Crippen LogP contribution >= 0.6 is 12.2 Å². The third kappa shape index (κ3) is 3.27. The smallest absolute Gasteiger partial charge is 0.122 e. The van der Waals surface area contributed by atoms with Crippen LogP contribution in [0.3, 0.4) is 0 Å². The number of fused-ring (bicyclic) bond motifs is 1. The van der Waals surface area contributed by atoms with Crippen molar-refractivity contribution in [1.82, 2.24) is 4.98 Å². The second-order valence-electron chi connectivity index (χ2n) is 6.85. The van der Waals surface area contributed by atoms with Crippen molar-refractivity contribution in [2.75, 3.05) is 7.11 Å². The molecule has 1 aliphatic rings. The number of aromatic amines is 1. The van der Waals surface area contributed by atoms with Crippen molar-refractivity contribution in [3.05, 3.63) is 81.6 Å². The van der Waals surface area contributed by atoms with Gasteiger partial charge in [0.1, 0.15) is 16.5 Å². The van der Waals surface area contributed by atoms with Gasteiger partial charge in [-0.25, -0.2) is 0 Å². The van der Waals surface area contributed by atoms with Crippen LogP contribution in [0, 0.1) is 16.0 Å². The Labute approximate surface area is 164 Å². The molecule has 0 saturated carbocycles. The molecule has 134 valence electrons. The van der Waals surface area contributed by atoms with Crippen LogP contribution in [0.25, 0.3) is 11.1 Å². The predicted octanol–water partition coefficient (Wildman–Crippen LogP) is 5.56. The lowest BCUT2D eigenvalue weighted by Crippen LogP contribution is -2.16. The molecule has 0 saturated heterocycles. The van der Waals surface area contributed by atoms with E-state index in [9.17, 15) is 5.26 Å². The molecule has 3 aromatic rings. The Kier molecular flexibility index (Phi) is 4.79. The maximum absolute atomic E-state index is 9.78. The van der Waals surface area contributed by atoms with Gasteiger partial charge in [-0.1, -0.05) is 54.7 Å². The summed E-state index contributed by atoms with van der Waals surface area (Å²) in [6.45, 7) is 0. The molecule has 1 unspecified atom stereocenters. The average molecular weight is 372 g/mol. The Morgan fingerprint density at radius 1 is 1.11 bits per heavy atom. The molecule has 0 bridgehead atoms. The molecule has 0 amide bonds. The van der Waals surface area contributed by atoms with Gasteiger partial charge in [-0.3, -0.25) is 0 Å². The standard InChI is InChI=1S/C23H20N2OS/c1-26-18-10-7-16(8-11-18)22-19-13-17(15-5-3-2-4-6-15)9-12-21(19)25-23(27)20(22)14-24/h2-8,10-11,17H,9,12-13H2,1H3,(H,25,27). The van der Waals surface area contributed by atoms with Gasteiger partial charge in [0, 0.05) is 11.3 Å². The van der Waals surface area contributed by atoms with Crippen LogP contribution in [-0.4, -0.2) is 12.1 Å².